The van der Waals surface area contributed by atoms with Crippen LogP contribution >= 0.6 is 11.3 Å². The Balaban J connectivity index is 1.52. The normalized spacial score (nSPS) is 15.8. The minimum absolute atomic E-state index is 0.224. The smallest absolute Gasteiger partial charge is 0.306 e. The van der Waals surface area contributed by atoms with E-state index in [-0.39, 0.29) is 5.92 Å². The van der Waals surface area contributed by atoms with E-state index in [0.717, 1.165) is 40.9 Å². The van der Waals surface area contributed by atoms with E-state index >= 15 is 0 Å². The van der Waals surface area contributed by atoms with Crippen molar-refractivity contribution in [2.24, 2.45) is 5.92 Å². The number of carboxylic acids is 1. The molecule has 4 rings (SSSR count). The Hall–Kier alpha value is -2.41. The summed E-state index contributed by atoms with van der Waals surface area (Å²) in [6, 6.07) is 8.47. The largest absolute Gasteiger partial charge is 0.481 e. The molecule has 0 spiro atoms. The molecule has 1 aliphatic heterocycles. The van der Waals surface area contributed by atoms with Gasteiger partial charge in [-0.2, -0.15) is 0 Å². The van der Waals surface area contributed by atoms with Gasteiger partial charge in [0.25, 0.3) is 0 Å². The molecule has 0 amide bonds. The highest BCUT2D eigenvalue weighted by Gasteiger charge is 2.26. The fraction of sp³-hybridized carbons (Fsp3) is 0.389. The van der Waals surface area contributed by atoms with Gasteiger partial charge in [0.2, 0.25) is 10.1 Å². The maximum Gasteiger partial charge on any atom is 0.306 e. The van der Waals surface area contributed by atoms with Crippen molar-refractivity contribution in [1.82, 2.24) is 14.6 Å². The van der Waals surface area contributed by atoms with E-state index in [2.05, 4.69) is 41.2 Å². The van der Waals surface area contributed by atoms with Crippen molar-refractivity contribution in [3.63, 3.8) is 0 Å². The lowest BCUT2D eigenvalue weighted by Gasteiger charge is -2.29. The maximum absolute atomic E-state index is 11.1. The third-order valence-electron chi connectivity index (χ3n) is 4.81. The topological polar surface area (TPSA) is 70.7 Å². The van der Waals surface area contributed by atoms with Crippen LogP contribution in [0.3, 0.4) is 0 Å². The molecule has 1 aliphatic rings. The second-order valence-electron chi connectivity index (χ2n) is 6.39. The molecule has 1 N–H and O–H groups in total. The number of benzene rings is 1. The minimum Gasteiger partial charge on any atom is -0.481 e. The lowest BCUT2D eigenvalue weighted by Crippen LogP contribution is -2.36. The molecule has 3 heterocycles. The van der Waals surface area contributed by atoms with E-state index in [1.54, 1.807) is 11.3 Å². The van der Waals surface area contributed by atoms with Gasteiger partial charge in [0.15, 0.2) is 0 Å². The van der Waals surface area contributed by atoms with Crippen LogP contribution in [-0.4, -0.2) is 38.8 Å². The van der Waals surface area contributed by atoms with Crippen LogP contribution in [0.2, 0.25) is 0 Å². The number of aliphatic carboxylic acids is 1. The number of imidazole rings is 1. The van der Waals surface area contributed by atoms with Crippen LogP contribution in [0.1, 0.15) is 25.3 Å². The quantitative estimate of drug-likeness (QED) is 0.776. The number of carboxylic acid groups (broad SMARTS) is 1. The van der Waals surface area contributed by atoms with Gasteiger partial charge in [-0.25, -0.2) is 9.50 Å². The van der Waals surface area contributed by atoms with Crippen molar-refractivity contribution in [2.75, 3.05) is 18.0 Å². The van der Waals surface area contributed by atoms with E-state index in [1.807, 2.05) is 10.7 Å². The molecular formula is C18H20N4O2S. The molecule has 1 fully saturated rings. The zero-order valence-corrected chi connectivity index (χ0v) is 14.9. The molecule has 7 heteroatoms. The standard InChI is InChI=1S/C18H20N4O2S/c1-2-12-3-5-13(6-4-12)15-11-22-17(19-15)25-18(20-22)21-9-7-14(8-10-21)16(23)24/h3-6,11,14H,2,7-10H2,1H3,(H,23,24). The van der Waals surface area contributed by atoms with Crippen molar-refractivity contribution in [3.8, 4) is 11.3 Å². The number of hydrogen-bond donors (Lipinski definition) is 1. The number of rotatable bonds is 4. The summed E-state index contributed by atoms with van der Waals surface area (Å²) in [7, 11) is 0. The highest BCUT2D eigenvalue weighted by Crippen LogP contribution is 2.29. The Bertz CT molecular complexity index is 860. The summed E-state index contributed by atoms with van der Waals surface area (Å²) < 4.78 is 1.83. The van der Waals surface area contributed by atoms with Crippen molar-refractivity contribution >= 4 is 27.4 Å². The van der Waals surface area contributed by atoms with E-state index in [4.69, 9.17) is 10.1 Å². The maximum atomic E-state index is 11.1. The molecule has 2 aromatic heterocycles. The van der Waals surface area contributed by atoms with Crippen molar-refractivity contribution in [1.29, 1.82) is 0 Å². The number of hydrogen-bond acceptors (Lipinski definition) is 5. The van der Waals surface area contributed by atoms with Gasteiger partial charge in [-0.05, 0) is 24.8 Å². The average molecular weight is 356 g/mol. The number of anilines is 1. The fourth-order valence-electron chi connectivity index (χ4n) is 3.19. The number of aryl methyl sites for hydroxylation is 1. The molecule has 1 saturated heterocycles. The van der Waals surface area contributed by atoms with E-state index in [1.165, 1.54) is 5.56 Å². The van der Waals surface area contributed by atoms with Gasteiger partial charge in [-0.15, -0.1) is 5.10 Å². The fourth-order valence-corrected chi connectivity index (χ4v) is 4.12. The summed E-state index contributed by atoms with van der Waals surface area (Å²) in [4.78, 5) is 18.8. The van der Waals surface area contributed by atoms with Gasteiger partial charge >= 0.3 is 5.97 Å². The summed E-state index contributed by atoms with van der Waals surface area (Å²) in [6.45, 7) is 3.62. The van der Waals surface area contributed by atoms with Gasteiger partial charge in [0, 0.05) is 18.7 Å². The SMILES string of the molecule is CCc1ccc(-c2cn3nc(N4CCC(C(=O)O)CC4)sc3n2)cc1. The molecule has 0 bridgehead atoms. The number of carbonyl (C=O) groups is 1. The summed E-state index contributed by atoms with van der Waals surface area (Å²) in [5.74, 6) is -0.912. The molecule has 6 nitrogen and oxygen atoms in total. The third kappa shape index (κ3) is 3.11. The Morgan fingerprint density at radius 1 is 1.28 bits per heavy atom. The van der Waals surface area contributed by atoms with Gasteiger partial charge in [0.05, 0.1) is 17.8 Å². The second kappa shape index (κ2) is 6.48. The molecule has 130 valence electrons. The monoisotopic (exact) mass is 356 g/mol. The Morgan fingerprint density at radius 3 is 2.60 bits per heavy atom. The molecule has 0 aliphatic carbocycles. The number of fused-ring (bicyclic) bond motifs is 1. The first-order valence-corrected chi connectivity index (χ1v) is 9.39. The summed E-state index contributed by atoms with van der Waals surface area (Å²) in [5.41, 5.74) is 3.34. The number of nitrogens with zero attached hydrogens (tertiary/aromatic N) is 4. The highest BCUT2D eigenvalue weighted by molar-refractivity contribution is 7.20. The van der Waals surface area contributed by atoms with Crippen molar-refractivity contribution < 1.29 is 9.90 Å². The van der Waals surface area contributed by atoms with Gasteiger partial charge in [-0.1, -0.05) is 42.5 Å². The first-order valence-electron chi connectivity index (χ1n) is 8.57. The second-order valence-corrected chi connectivity index (χ2v) is 7.32. The summed E-state index contributed by atoms with van der Waals surface area (Å²) >= 11 is 1.56. The molecule has 25 heavy (non-hydrogen) atoms. The van der Waals surface area contributed by atoms with E-state index < -0.39 is 5.97 Å². The average Bonchev–Trinajstić information content (AvgIpc) is 3.21. The lowest BCUT2D eigenvalue weighted by molar-refractivity contribution is -0.142. The molecule has 1 aromatic carbocycles. The van der Waals surface area contributed by atoms with Crippen LogP contribution in [0.5, 0.6) is 0 Å². The van der Waals surface area contributed by atoms with E-state index in [9.17, 15) is 4.79 Å². The molecule has 0 unspecified atom stereocenters. The Morgan fingerprint density at radius 2 is 2.00 bits per heavy atom. The molecular weight excluding hydrogens is 336 g/mol. The van der Waals surface area contributed by atoms with Gasteiger partial charge < -0.3 is 10.0 Å². The Labute approximate surface area is 149 Å². The van der Waals surface area contributed by atoms with Crippen molar-refractivity contribution in [2.45, 2.75) is 26.2 Å². The van der Waals surface area contributed by atoms with Crippen LogP contribution in [-0.2, 0) is 11.2 Å². The van der Waals surface area contributed by atoms with Crippen LogP contribution in [0.4, 0.5) is 5.13 Å². The van der Waals surface area contributed by atoms with Crippen LogP contribution in [0.25, 0.3) is 16.2 Å². The zero-order valence-electron chi connectivity index (χ0n) is 14.1. The molecule has 0 saturated carbocycles. The summed E-state index contributed by atoms with van der Waals surface area (Å²) in [5, 5.41) is 14.7. The lowest BCUT2D eigenvalue weighted by atomic mass is 9.98. The Kier molecular flexibility index (Phi) is 4.17. The predicted octanol–water partition coefficient (Wildman–Crippen LogP) is 3.32. The third-order valence-corrected chi connectivity index (χ3v) is 5.79. The predicted molar refractivity (Wildman–Crippen MR) is 98.3 cm³/mol. The van der Waals surface area contributed by atoms with Crippen LogP contribution in [0, 0.1) is 5.92 Å². The highest BCUT2D eigenvalue weighted by atomic mass is 32.1. The number of aromatic nitrogens is 3. The molecule has 0 radical (unpaired) electrons. The number of piperidine rings is 1. The summed E-state index contributed by atoms with van der Waals surface area (Å²) in [6.07, 6.45) is 4.33. The molecule has 0 atom stereocenters. The van der Waals surface area contributed by atoms with Crippen LogP contribution < -0.4 is 4.90 Å². The van der Waals surface area contributed by atoms with E-state index in [0.29, 0.717) is 12.8 Å². The zero-order chi connectivity index (χ0) is 17.4. The van der Waals surface area contributed by atoms with Gasteiger partial charge in [-0.3, -0.25) is 4.79 Å². The molecule has 3 aromatic rings. The first kappa shape index (κ1) is 16.1. The minimum atomic E-state index is -0.688. The van der Waals surface area contributed by atoms with Crippen molar-refractivity contribution in [3.05, 3.63) is 36.0 Å². The van der Waals surface area contributed by atoms with Gasteiger partial charge in [0.1, 0.15) is 0 Å². The van der Waals surface area contributed by atoms with Crippen LogP contribution in [0.15, 0.2) is 30.5 Å². The first-order chi connectivity index (χ1) is 12.1.